The van der Waals surface area contributed by atoms with Crippen molar-refractivity contribution in [2.45, 2.75) is 6.92 Å². The lowest BCUT2D eigenvalue weighted by atomic mass is 10.2. The van der Waals surface area contributed by atoms with Crippen LogP contribution in [0.15, 0.2) is 42.6 Å². The third-order valence-corrected chi connectivity index (χ3v) is 2.52. The Bertz CT molecular complexity index is 586. The van der Waals surface area contributed by atoms with Gasteiger partial charge in [-0.3, -0.25) is 4.79 Å². The van der Waals surface area contributed by atoms with Crippen LogP contribution in [-0.2, 0) is 0 Å². The molecule has 0 aliphatic heterocycles. The quantitative estimate of drug-likeness (QED) is 0.887. The fourth-order valence-electron chi connectivity index (χ4n) is 1.63. The van der Waals surface area contributed by atoms with Crippen LogP contribution in [0.4, 0.5) is 15.9 Å². The minimum absolute atomic E-state index is 0.241. The molecule has 0 spiro atoms. The molecule has 0 atom stereocenters. The molecule has 0 saturated carbocycles. The second-order valence-corrected chi connectivity index (χ2v) is 3.86. The first-order valence-electron chi connectivity index (χ1n) is 5.97. The maximum atomic E-state index is 13.6. The number of amides is 1. The van der Waals surface area contributed by atoms with Crippen LogP contribution in [0.5, 0.6) is 0 Å². The van der Waals surface area contributed by atoms with Crippen LogP contribution in [-0.4, -0.2) is 17.4 Å². The average Bonchev–Trinajstić information content (AvgIpc) is 2.42. The van der Waals surface area contributed by atoms with Gasteiger partial charge >= 0.3 is 0 Å². The number of nitrogens with one attached hydrogen (secondary N) is 2. The lowest BCUT2D eigenvalue weighted by Crippen LogP contribution is -2.23. The molecule has 1 aromatic heterocycles. The summed E-state index contributed by atoms with van der Waals surface area (Å²) in [5, 5.41) is 5.52. The second-order valence-electron chi connectivity index (χ2n) is 3.86. The molecule has 0 aliphatic carbocycles. The fraction of sp³-hybridized carbons (Fsp3) is 0.143. The van der Waals surface area contributed by atoms with E-state index in [-0.39, 0.29) is 11.6 Å². The third kappa shape index (κ3) is 3.07. The van der Waals surface area contributed by atoms with Crippen molar-refractivity contribution in [3.63, 3.8) is 0 Å². The van der Waals surface area contributed by atoms with Crippen LogP contribution >= 0.6 is 0 Å². The van der Waals surface area contributed by atoms with E-state index >= 15 is 0 Å². The minimum atomic E-state index is -0.394. The number of anilines is 2. The summed E-state index contributed by atoms with van der Waals surface area (Å²) >= 11 is 0. The number of hydrogen-bond donors (Lipinski definition) is 2. The number of nitrogens with zero attached hydrogens (tertiary/aromatic N) is 1. The lowest BCUT2D eigenvalue weighted by molar-refractivity contribution is 0.0956. The zero-order valence-electron chi connectivity index (χ0n) is 10.5. The Hall–Kier alpha value is -2.43. The summed E-state index contributed by atoms with van der Waals surface area (Å²) in [6.45, 7) is 2.35. The van der Waals surface area contributed by atoms with Gasteiger partial charge in [0.15, 0.2) is 0 Å². The molecule has 0 fully saturated rings. The van der Waals surface area contributed by atoms with Crippen LogP contribution in [0.3, 0.4) is 0 Å². The van der Waals surface area contributed by atoms with Gasteiger partial charge in [-0.2, -0.15) is 0 Å². The van der Waals surface area contributed by atoms with E-state index < -0.39 is 5.82 Å². The standard InChI is InChI=1S/C14H14FN3O/c1-2-16-14(19)10-6-5-9-17-13(10)18-12-8-4-3-7-11(12)15/h3-9H,2H2,1H3,(H,16,19)(H,17,18). The van der Waals surface area contributed by atoms with Gasteiger partial charge in [-0.1, -0.05) is 12.1 Å². The van der Waals surface area contributed by atoms with E-state index in [0.717, 1.165) is 0 Å². The van der Waals surface area contributed by atoms with Crippen LogP contribution in [0, 0.1) is 5.82 Å². The number of pyridine rings is 1. The molecule has 98 valence electrons. The van der Waals surface area contributed by atoms with Crippen molar-refractivity contribution in [2.75, 3.05) is 11.9 Å². The second kappa shape index (κ2) is 5.95. The molecule has 2 N–H and O–H groups in total. The van der Waals surface area contributed by atoms with Gasteiger partial charge in [0.25, 0.3) is 5.91 Å². The molecular formula is C14H14FN3O. The van der Waals surface area contributed by atoms with Crippen LogP contribution < -0.4 is 10.6 Å². The van der Waals surface area contributed by atoms with Gasteiger partial charge in [-0.15, -0.1) is 0 Å². The smallest absolute Gasteiger partial charge is 0.255 e. The lowest BCUT2D eigenvalue weighted by Gasteiger charge is -2.10. The highest BCUT2D eigenvalue weighted by Gasteiger charge is 2.12. The first-order valence-corrected chi connectivity index (χ1v) is 5.97. The van der Waals surface area contributed by atoms with E-state index in [1.807, 2.05) is 6.92 Å². The van der Waals surface area contributed by atoms with Gasteiger partial charge in [-0.25, -0.2) is 9.37 Å². The van der Waals surface area contributed by atoms with Crippen molar-refractivity contribution in [2.24, 2.45) is 0 Å². The summed E-state index contributed by atoms with van der Waals surface area (Å²) in [4.78, 5) is 15.9. The van der Waals surface area contributed by atoms with Crippen molar-refractivity contribution in [1.29, 1.82) is 0 Å². The molecule has 1 aromatic carbocycles. The van der Waals surface area contributed by atoms with Gasteiger partial charge in [0, 0.05) is 12.7 Å². The Labute approximate surface area is 110 Å². The summed E-state index contributed by atoms with van der Waals surface area (Å²) in [6, 6.07) is 9.55. The number of hydrogen-bond acceptors (Lipinski definition) is 3. The predicted molar refractivity (Wildman–Crippen MR) is 71.9 cm³/mol. The van der Waals surface area contributed by atoms with Gasteiger partial charge in [0.1, 0.15) is 11.6 Å². The molecule has 2 aromatic rings. The molecule has 0 unspecified atom stereocenters. The molecule has 0 aliphatic rings. The molecule has 0 bridgehead atoms. The van der Waals surface area contributed by atoms with Crippen molar-refractivity contribution in [3.05, 3.63) is 54.0 Å². The molecule has 4 nitrogen and oxygen atoms in total. The Morgan fingerprint density at radius 1 is 1.26 bits per heavy atom. The van der Waals surface area contributed by atoms with Crippen molar-refractivity contribution < 1.29 is 9.18 Å². The first kappa shape index (κ1) is 13.0. The van der Waals surface area contributed by atoms with Gasteiger partial charge in [0.05, 0.1) is 11.3 Å². The minimum Gasteiger partial charge on any atom is -0.352 e. The molecule has 0 saturated heterocycles. The monoisotopic (exact) mass is 259 g/mol. The molecule has 5 heteroatoms. The topological polar surface area (TPSA) is 54.0 Å². The number of rotatable bonds is 4. The van der Waals surface area contributed by atoms with Crippen LogP contribution in [0.25, 0.3) is 0 Å². The Balaban J connectivity index is 2.30. The van der Waals surface area contributed by atoms with E-state index in [2.05, 4.69) is 15.6 Å². The van der Waals surface area contributed by atoms with Crippen molar-refractivity contribution in [1.82, 2.24) is 10.3 Å². The van der Waals surface area contributed by atoms with E-state index in [9.17, 15) is 9.18 Å². The Kier molecular flexibility index (Phi) is 4.07. The Morgan fingerprint density at radius 3 is 2.79 bits per heavy atom. The van der Waals surface area contributed by atoms with Gasteiger partial charge in [0.2, 0.25) is 0 Å². The van der Waals surface area contributed by atoms with Crippen molar-refractivity contribution in [3.8, 4) is 0 Å². The summed E-state index contributed by atoms with van der Waals surface area (Å²) in [5.74, 6) is -0.303. The van der Waals surface area contributed by atoms with Crippen LogP contribution in [0.1, 0.15) is 17.3 Å². The van der Waals surface area contributed by atoms with E-state index in [1.165, 1.54) is 6.07 Å². The van der Waals surface area contributed by atoms with E-state index in [0.29, 0.717) is 17.9 Å². The summed E-state index contributed by atoms with van der Waals surface area (Å²) in [6.07, 6.45) is 1.55. The van der Waals surface area contributed by atoms with Crippen LogP contribution in [0.2, 0.25) is 0 Å². The summed E-state index contributed by atoms with van der Waals surface area (Å²) in [5.41, 5.74) is 0.666. The van der Waals surface area contributed by atoms with Gasteiger partial charge < -0.3 is 10.6 Å². The SMILES string of the molecule is CCNC(=O)c1cccnc1Nc1ccccc1F. The van der Waals surface area contributed by atoms with Crippen molar-refractivity contribution >= 4 is 17.4 Å². The maximum Gasteiger partial charge on any atom is 0.255 e. The molecule has 2 rings (SSSR count). The number of benzene rings is 1. The summed E-state index contributed by atoms with van der Waals surface area (Å²) in [7, 11) is 0. The van der Waals surface area contributed by atoms with Gasteiger partial charge in [-0.05, 0) is 31.2 Å². The maximum absolute atomic E-state index is 13.6. The highest BCUT2D eigenvalue weighted by Crippen LogP contribution is 2.20. The zero-order chi connectivity index (χ0) is 13.7. The molecule has 1 amide bonds. The highest BCUT2D eigenvalue weighted by atomic mass is 19.1. The Morgan fingerprint density at radius 2 is 2.05 bits per heavy atom. The first-order chi connectivity index (χ1) is 9.22. The fourth-order valence-corrected chi connectivity index (χ4v) is 1.63. The molecule has 0 radical (unpaired) electrons. The molecule has 1 heterocycles. The number of halogens is 1. The largest absolute Gasteiger partial charge is 0.352 e. The number of carbonyl (C=O) groups is 1. The third-order valence-electron chi connectivity index (χ3n) is 2.52. The normalized spacial score (nSPS) is 10.0. The molecular weight excluding hydrogens is 245 g/mol. The molecule has 19 heavy (non-hydrogen) atoms. The average molecular weight is 259 g/mol. The van der Waals surface area contributed by atoms with E-state index in [4.69, 9.17) is 0 Å². The number of carbonyl (C=O) groups excluding carboxylic acids is 1. The van der Waals surface area contributed by atoms with E-state index in [1.54, 1.807) is 36.5 Å². The summed E-state index contributed by atoms with van der Waals surface area (Å²) < 4.78 is 13.6. The number of para-hydroxylation sites is 1. The predicted octanol–water partition coefficient (Wildman–Crippen LogP) is 2.71. The highest BCUT2D eigenvalue weighted by molar-refractivity contribution is 5.99. The number of aromatic nitrogens is 1. The zero-order valence-corrected chi connectivity index (χ0v) is 10.5.